The average molecular weight is 244 g/mol. The molecule has 4 nitrogen and oxygen atoms in total. The SMILES string of the molecule is COCCOCC(O)CCC(=O)C1CCCC1. The van der Waals surface area contributed by atoms with Gasteiger partial charge in [0.1, 0.15) is 5.78 Å². The van der Waals surface area contributed by atoms with Crippen molar-refractivity contribution in [2.24, 2.45) is 5.92 Å². The topological polar surface area (TPSA) is 55.8 Å². The Bertz CT molecular complexity index is 211. The van der Waals surface area contributed by atoms with Gasteiger partial charge in [-0.3, -0.25) is 4.79 Å². The van der Waals surface area contributed by atoms with Gasteiger partial charge >= 0.3 is 0 Å². The third-order valence-corrected chi connectivity index (χ3v) is 3.28. The number of aliphatic hydroxyl groups excluding tert-OH is 1. The van der Waals surface area contributed by atoms with Gasteiger partial charge in [0.05, 0.1) is 25.9 Å². The van der Waals surface area contributed by atoms with E-state index in [0.717, 1.165) is 12.8 Å². The Morgan fingerprint density at radius 2 is 2.06 bits per heavy atom. The lowest BCUT2D eigenvalue weighted by molar-refractivity contribution is -0.123. The number of carbonyl (C=O) groups is 1. The van der Waals surface area contributed by atoms with Crippen molar-refractivity contribution in [1.82, 2.24) is 0 Å². The molecular weight excluding hydrogens is 220 g/mol. The van der Waals surface area contributed by atoms with Crippen LogP contribution in [0.2, 0.25) is 0 Å². The number of methoxy groups -OCH3 is 1. The van der Waals surface area contributed by atoms with Crippen LogP contribution >= 0.6 is 0 Å². The summed E-state index contributed by atoms with van der Waals surface area (Å²) >= 11 is 0. The molecule has 0 spiro atoms. The van der Waals surface area contributed by atoms with E-state index in [1.165, 1.54) is 12.8 Å². The molecule has 0 saturated heterocycles. The highest BCUT2D eigenvalue weighted by Crippen LogP contribution is 2.26. The van der Waals surface area contributed by atoms with Gasteiger partial charge < -0.3 is 14.6 Å². The highest BCUT2D eigenvalue weighted by molar-refractivity contribution is 5.81. The lowest BCUT2D eigenvalue weighted by Crippen LogP contribution is -2.20. The van der Waals surface area contributed by atoms with Crippen molar-refractivity contribution < 1.29 is 19.4 Å². The molecule has 1 atom stereocenters. The van der Waals surface area contributed by atoms with Gasteiger partial charge in [-0.25, -0.2) is 0 Å². The highest BCUT2D eigenvalue weighted by atomic mass is 16.5. The zero-order chi connectivity index (χ0) is 12.5. The number of rotatable bonds is 9. The standard InChI is InChI=1S/C13H24O4/c1-16-8-9-17-10-12(14)6-7-13(15)11-4-2-3-5-11/h11-12,14H,2-10H2,1H3. The third kappa shape index (κ3) is 6.15. The van der Waals surface area contributed by atoms with Gasteiger partial charge in [0.25, 0.3) is 0 Å². The van der Waals surface area contributed by atoms with E-state index in [0.29, 0.717) is 38.4 Å². The van der Waals surface area contributed by atoms with Crippen molar-refractivity contribution in [2.45, 2.75) is 44.6 Å². The van der Waals surface area contributed by atoms with Gasteiger partial charge in [-0.05, 0) is 19.3 Å². The second-order valence-electron chi connectivity index (χ2n) is 4.71. The monoisotopic (exact) mass is 244 g/mol. The lowest BCUT2D eigenvalue weighted by atomic mass is 9.98. The van der Waals surface area contributed by atoms with E-state index < -0.39 is 6.10 Å². The molecule has 4 heteroatoms. The molecular formula is C13H24O4. The van der Waals surface area contributed by atoms with Gasteiger partial charge in [0.2, 0.25) is 0 Å². The minimum absolute atomic E-state index is 0.261. The van der Waals surface area contributed by atoms with Crippen molar-refractivity contribution in [1.29, 1.82) is 0 Å². The molecule has 1 N–H and O–H groups in total. The first-order chi connectivity index (χ1) is 8.24. The quantitative estimate of drug-likeness (QED) is 0.625. The number of hydrogen-bond donors (Lipinski definition) is 1. The van der Waals surface area contributed by atoms with Crippen LogP contribution in [0.4, 0.5) is 0 Å². The molecule has 100 valence electrons. The molecule has 1 fully saturated rings. The molecule has 0 radical (unpaired) electrons. The molecule has 0 amide bonds. The summed E-state index contributed by atoms with van der Waals surface area (Å²) in [6, 6.07) is 0. The van der Waals surface area contributed by atoms with Crippen LogP contribution in [0.15, 0.2) is 0 Å². The van der Waals surface area contributed by atoms with Crippen LogP contribution in [0.25, 0.3) is 0 Å². The number of Topliss-reactive ketones (excluding diaryl/α,β-unsaturated/α-hetero) is 1. The smallest absolute Gasteiger partial charge is 0.136 e. The van der Waals surface area contributed by atoms with Gasteiger partial charge in [0, 0.05) is 19.4 Å². The molecule has 0 aromatic heterocycles. The fraction of sp³-hybridized carbons (Fsp3) is 0.923. The summed E-state index contributed by atoms with van der Waals surface area (Å²) in [5, 5.41) is 9.62. The molecule has 1 saturated carbocycles. The van der Waals surface area contributed by atoms with Crippen LogP contribution in [0, 0.1) is 5.92 Å². The fourth-order valence-electron chi connectivity index (χ4n) is 2.21. The molecule has 1 rings (SSSR count). The predicted octanol–water partition coefficient (Wildman–Crippen LogP) is 1.55. The normalized spacial score (nSPS) is 18.5. The first-order valence-corrected chi connectivity index (χ1v) is 6.51. The molecule has 1 aliphatic carbocycles. The van der Waals surface area contributed by atoms with Crippen LogP contribution in [-0.4, -0.2) is 43.9 Å². The first-order valence-electron chi connectivity index (χ1n) is 6.51. The van der Waals surface area contributed by atoms with E-state index in [1.54, 1.807) is 7.11 Å². The molecule has 1 unspecified atom stereocenters. The van der Waals surface area contributed by atoms with E-state index in [4.69, 9.17) is 9.47 Å². The second-order valence-corrected chi connectivity index (χ2v) is 4.71. The van der Waals surface area contributed by atoms with Crippen molar-refractivity contribution in [3.63, 3.8) is 0 Å². The molecule has 0 bridgehead atoms. The summed E-state index contributed by atoms with van der Waals surface area (Å²) < 4.78 is 10.0. The van der Waals surface area contributed by atoms with Gasteiger partial charge in [-0.1, -0.05) is 12.8 Å². The van der Waals surface area contributed by atoms with Crippen LogP contribution in [-0.2, 0) is 14.3 Å². The summed E-state index contributed by atoms with van der Waals surface area (Å²) in [5.74, 6) is 0.579. The third-order valence-electron chi connectivity index (χ3n) is 3.28. The Hall–Kier alpha value is -0.450. The number of carbonyl (C=O) groups excluding carboxylic acids is 1. The maximum absolute atomic E-state index is 11.8. The maximum Gasteiger partial charge on any atom is 0.136 e. The highest BCUT2D eigenvalue weighted by Gasteiger charge is 2.22. The zero-order valence-electron chi connectivity index (χ0n) is 10.7. The van der Waals surface area contributed by atoms with E-state index in [2.05, 4.69) is 0 Å². The Morgan fingerprint density at radius 3 is 2.71 bits per heavy atom. The number of ketones is 1. The minimum Gasteiger partial charge on any atom is -0.391 e. The largest absolute Gasteiger partial charge is 0.391 e. The van der Waals surface area contributed by atoms with Crippen molar-refractivity contribution in [3.8, 4) is 0 Å². The second kappa shape index (κ2) is 8.61. The van der Waals surface area contributed by atoms with E-state index in [9.17, 15) is 9.90 Å². The summed E-state index contributed by atoms with van der Waals surface area (Å²) in [4.78, 5) is 11.8. The lowest BCUT2D eigenvalue weighted by Gasteiger charge is -2.12. The maximum atomic E-state index is 11.8. The zero-order valence-corrected chi connectivity index (χ0v) is 10.7. The number of ether oxygens (including phenoxy) is 2. The van der Waals surface area contributed by atoms with E-state index in [1.807, 2.05) is 0 Å². The molecule has 0 aromatic carbocycles. The Balaban J connectivity index is 2.02. The van der Waals surface area contributed by atoms with Crippen molar-refractivity contribution in [2.75, 3.05) is 26.9 Å². The van der Waals surface area contributed by atoms with Crippen molar-refractivity contribution in [3.05, 3.63) is 0 Å². The molecule has 0 heterocycles. The van der Waals surface area contributed by atoms with Crippen molar-refractivity contribution >= 4 is 5.78 Å². The average Bonchev–Trinajstić information content (AvgIpc) is 2.85. The van der Waals surface area contributed by atoms with Gasteiger partial charge in [-0.15, -0.1) is 0 Å². The van der Waals surface area contributed by atoms with Crippen LogP contribution in [0.3, 0.4) is 0 Å². The van der Waals surface area contributed by atoms with Crippen LogP contribution in [0.1, 0.15) is 38.5 Å². The predicted molar refractivity (Wildman–Crippen MR) is 64.9 cm³/mol. The van der Waals surface area contributed by atoms with E-state index >= 15 is 0 Å². The summed E-state index contributed by atoms with van der Waals surface area (Å²) in [6.45, 7) is 1.32. The summed E-state index contributed by atoms with van der Waals surface area (Å²) in [5.41, 5.74) is 0. The molecule has 17 heavy (non-hydrogen) atoms. The number of hydrogen-bond acceptors (Lipinski definition) is 4. The van der Waals surface area contributed by atoms with E-state index in [-0.39, 0.29) is 5.92 Å². The molecule has 0 aromatic rings. The summed E-state index contributed by atoms with van der Waals surface area (Å²) in [7, 11) is 1.61. The van der Waals surface area contributed by atoms with Crippen LogP contribution in [0.5, 0.6) is 0 Å². The fourth-order valence-corrected chi connectivity index (χ4v) is 2.21. The molecule has 0 aliphatic heterocycles. The Morgan fingerprint density at radius 1 is 1.35 bits per heavy atom. The van der Waals surface area contributed by atoms with Gasteiger partial charge in [-0.2, -0.15) is 0 Å². The summed E-state index contributed by atoms with van der Waals surface area (Å²) in [6.07, 6.45) is 4.91. The van der Waals surface area contributed by atoms with Crippen LogP contribution < -0.4 is 0 Å². The Labute approximate surface area is 103 Å². The molecule has 1 aliphatic rings. The van der Waals surface area contributed by atoms with Gasteiger partial charge in [0.15, 0.2) is 0 Å². The first kappa shape index (κ1) is 14.6. The Kier molecular flexibility index (Phi) is 7.40. The minimum atomic E-state index is -0.530. The number of aliphatic hydroxyl groups is 1.